The molecule has 0 amide bonds. The second kappa shape index (κ2) is 5.05. The Kier molecular flexibility index (Phi) is 4.00. The van der Waals surface area contributed by atoms with E-state index in [1.165, 1.54) is 11.8 Å². The van der Waals surface area contributed by atoms with Gasteiger partial charge in [-0.25, -0.2) is 4.98 Å². The highest BCUT2D eigenvalue weighted by atomic mass is 32.2. The fourth-order valence-electron chi connectivity index (χ4n) is 0.993. The molecule has 78 valence electrons. The summed E-state index contributed by atoms with van der Waals surface area (Å²) in [5.41, 5.74) is 0.817. The highest BCUT2D eigenvalue weighted by molar-refractivity contribution is 7.99. The first-order chi connectivity index (χ1) is 6.61. The van der Waals surface area contributed by atoms with Gasteiger partial charge in [0.05, 0.1) is 12.1 Å². The van der Waals surface area contributed by atoms with E-state index in [0.717, 1.165) is 12.1 Å². The van der Waals surface area contributed by atoms with Gasteiger partial charge in [0, 0.05) is 5.25 Å². The summed E-state index contributed by atoms with van der Waals surface area (Å²) in [6.07, 6.45) is 2.50. The minimum absolute atomic E-state index is 0.0329. The van der Waals surface area contributed by atoms with Crippen molar-refractivity contribution in [2.45, 2.75) is 37.2 Å². The van der Waals surface area contributed by atoms with Gasteiger partial charge in [-0.05, 0) is 13.3 Å². The smallest absolute Gasteiger partial charge is 0.304 e. The molecule has 0 radical (unpaired) electrons. The molecular formula is C9H13NO3S. The number of rotatable bonds is 5. The zero-order chi connectivity index (χ0) is 10.6. The van der Waals surface area contributed by atoms with Crippen molar-refractivity contribution in [2.24, 2.45) is 0 Å². The molecule has 0 aliphatic heterocycles. The van der Waals surface area contributed by atoms with Crippen LogP contribution in [0, 0.1) is 6.92 Å². The van der Waals surface area contributed by atoms with Crippen LogP contribution in [0.25, 0.3) is 0 Å². The van der Waals surface area contributed by atoms with Gasteiger partial charge >= 0.3 is 5.97 Å². The Hall–Kier alpha value is -0.970. The molecule has 1 N–H and O–H groups in total. The normalized spacial score (nSPS) is 12.7. The second-order valence-corrected chi connectivity index (χ2v) is 4.25. The number of aromatic nitrogens is 1. The van der Waals surface area contributed by atoms with Crippen LogP contribution in [-0.4, -0.2) is 21.3 Å². The molecule has 1 rings (SSSR count). The van der Waals surface area contributed by atoms with Crippen LogP contribution < -0.4 is 0 Å². The molecule has 1 atom stereocenters. The number of carboxylic acids is 1. The van der Waals surface area contributed by atoms with E-state index >= 15 is 0 Å². The van der Waals surface area contributed by atoms with Gasteiger partial charge in [-0.1, -0.05) is 18.7 Å². The van der Waals surface area contributed by atoms with Crippen molar-refractivity contribution in [1.29, 1.82) is 0 Å². The molecular weight excluding hydrogens is 202 g/mol. The van der Waals surface area contributed by atoms with Crippen molar-refractivity contribution in [3.05, 3.63) is 12.0 Å². The van der Waals surface area contributed by atoms with Gasteiger partial charge in [0.1, 0.15) is 6.26 Å². The Labute approximate surface area is 86.7 Å². The first kappa shape index (κ1) is 11.1. The maximum absolute atomic E-state index is 10.5. The predicted molar refractivity (Wildman–Crippen MR) is 53.4 cm³/mol. The molecule has 0 saturated heterocycles. The van der Waals surface area contributed by atoms with Crippen LogP contribution >= 0.6 is 11.8 Å². The van der Waals surface area contributed by atoms with E-state index in [1.807, 2.05) is 13.8 Å². The fraction of sp³-hybridized carbons (Fsp3) is 0.556. The number of carbonyl (C=O) groups is 1. The first-order valence-electron chi connectivity index (χ1n) is 4.42. The predicted octanol–water partition coefficient (Wildman–Crippen LogP) is 2.33. The molecule has 0 aromatic carbocycles. The lowest BCUT2D eigenvalue weighted by Crippen LogP contribution is -2.08. The maximum Gasteiger partial charge on any atom is 0.304 e. The summed E-state index contributed by atoms with van der Waals surface area (Å²) in [4.78, 5) is 14.6. The Morgan fingerprint density at radius 2 is 2.50 bits per heavy atom. The number of aliphatic carboxylic acids is 1. The molecule has 0 saturated carbocycles. The SMILES string of the molecule is CCC(CC(=O)O)Sc1nc(C)co1. The number of hydrogen-bond acceptors (Lipinski definition) is 4. The third kappa shape index (κ3) is 3.41. The highest BCUT2D eigenvalue weighted by Gasteiger charge is 2.15. The molecule has 5 heteroatoms. The van der Waals surface area contributed by atoms with Gasteiger partial charge in [-0.2, -0.15) is 0 Å². The quantitative estimate of drug-likeness (QED) is 0.764. The molecule has 0 fully saturated rings. The van der Waals surface area contributed by atoms with Crippen molar-refractivity contribution < 1.29 is 14.3 Å². The summed E-state index contributed by atoms with van der Waals surface area (Å²) in [6.45, 7) is 3.79. The van der Waals surface area contributed by atoms with Crippen molar-refractivity contribution in [3.8, 4) is 0 Å². The van der Waals surface area contributed by atoms with Crippen LogP contribution in [0.1, 0.15) is 25.5 Å². The maximum atomic E-state index is 10.5. The molecule has 4 nitrogen and oxygen atoms in total. The Bertz CT molecular complexity index is 311. The molecule has 14 heavy (non-hydrogen) atoms. The number of aryl methyl sites for hydroxylation is 1. The van der Waals surface area contributed by atoms with Crippen LogP contribution in [0.5, 0.6) is 0 Å². The Morgan fingerprint density at radius 3 is 2.93 bits per heavy atom. The number of thioether (sulfide) groups is 1. The Morgan fingerprint density at radius 1 is 1.79 bits per heavy atom. The van der Waals surface area contributed by atoms with E-state index in [4.69, 9.17) is 9.52 Å². The van der Waals surface area contributed by atoms with Crippen molar-refractivity contribution in [2.75, 3.05) is 0 Å². The summed E-state index contributed by atoms with van der Waals surface area (Å²) in [5.74, 6) is -0.785. The van der Waals surface area contributed by atoms with Crippen LogP contribution in [0.15, 0.2) is 15.9 Å². The third-order valence-corrected chi connectivity index (χ3v) is 2.95. The van der Waals surface area contributed by atoms with E-state index in [9.17, 15) is 4.79 Å². The van der Waals surface area contributed by atoms with Crippen LogP contribution in [-0.2, 0) is 4.79 Å². The zero-order valence-corrected chi connectivity index (χ0v) is 9.00. The lowest BCUT2D eigenvalue weighted by Gasteiger charge is -2.07. The summed E-state index contributed by atoms with van der Waals surface area (Å²) < 4.78 is 5.14. The summed E-state index contributed by atoms with van der Waals surface area (Å²) in [7, 11) is 0. The number of hydrogen-bond donors (Lipinski definition) is 1. The molecule has 1 aromatic heterocycles. The average molecular weight is 215 g/mol. The number of carboxylic acid groups (broad SMARTS) is 1. The zero-order valence-electron chi connectivity index (χ0n) is 8.19. The lowest BCUT2D eigenvalue weighted by atomic mass is 10.2. The molecule has 1 heterocycles. The Balaban J connectivity index is 2.52. The van der Waals surface area contributed by atoms with Gasteiger partial charge in [-0.15, -0.1) is 0 Å². The molecule has 0 aliphatic rings. The first-order valence-corrected chi connectivity index (χ1v) is 5.30. The topological polar surface area (TPSA) is 63.3 Å². The standard InChI is InChI=1S/C9H13NO3S/c1-3-7(4-8(11)12)14-9-10-6(2)5-13-9/h5,7H,3-4H2,1-2H3,(H,11,12). The highest BCUT2D eigenvalue weighted by Crippen LogP contribution is 2.26. The number of nitrogens with zero attached hydrogens (tertiary/aromatic N) is 1. The summed E-state index contributed by atoms with van der Waals surface area (Å²) in [5, 5.41) is 9.22. The van der Waals surface area contributed by atoms with Crippen LogP contribution in [0.3, 0.4) is 0 Å². The fourth-order valence-corrected chi connectivity index (χ4v) is 1.97. The van der Waals surface area contributed by atoms with E-state index in [-0.39, 0.29) is 11.7 Å². The lowest BCUT2D eigenvalue weighted by molar-refractivity contribution is -0.136. The largest absolute Gasteiger partial charge is 0.481 e. The van der Waals surface area contributed by atoms with E-state index in [0.29, 0.717) is 5.22 Å². The van der Waals surface area contributed by atoms with Crippen molar-refractivity contribution >= 4 is 17.7 Å². The van der Waals surface area contributed by atoms with Gasteiger partial charge < -0.3 is 9.52 Å². The molecule has 0 aliphatic carbocycles. The monoisotopic (exact) mass is 215 g/mol. The average Bonchev–Trinajstić information content (AvgIpc) is 2.49. The van der Waals surface area contributed by atoms with Crippen molar-refractivity contribution in [1.82, 2.24) is 4.98 Å². The minimum atomic E-state index is -0.785. The summed E-state index contributed by atoms with van der Waals surface area (Å²) >= 11 is 1.38. The van der Waals surface area contributed by atoms with Crippen LogP contribution in [0.2, 0.25) is 0 Å². The third-order valence-electron chi connectivity index (χ3n) is 1.72. The van der Waals surface area contributed by atoms with E-state index < -0.39 is 5.97 Å². The van der Waals surface area contributed by atoms with E-state index in [2.05, 4.69) is 4.98 Å². The molecule has 1 unspecified atom stereocenters. The van der Waals surface area contributed by atoms with Gasteiger partial charge in [0.25, 0.3) is 5.22 Å². The molecule has 0 spiro atoms. The number of oxazole rings is 1. The molecule has 0 bridgehead atoms. The van der Waals surface area contributed by atoms with E-state index in [1.54, 1.807) is 6.26 Å². The molecule has 1 aromatic rings. The van der Waals surface area contributed by atoms with Gasteiger partial charge in [0.2, 0.25) is 0 Å². The minimum Gasteiger partial charge on any atom is -0.481 e. The summed E-state index contributed by atoms with van der Waals surface area (Å²) in [6, 6.07) is 0. The second-order valence-electron chi connectivity index (χ2n) is 3.00. The van der Waals surface area contributed by atoms with Crippen LogP contribution in [0.4, 0.5) is 0 Å². The van der Waals surface area contributed by atoms with Gasteiger partial charge in [0.15, 0.2) is 0 Å². The van der Waals surface area contributed by atoms with Gasteiger partial charge in [-0.3, -0.25) is 4.79 Å². The van der Waals surface area contributed by atoms with Crippen molar-refractivity contribution in [3.63, 3.8) is 0 Å².